The SMILES string of the molecule is O=C(Cc1ccccc1)N[C@@H]1C(=O)N2C(C(=O)O)=C(COC3=CCCc4cccnc43)CS[C@H]12. The van der Waals surface area contributed by atoms with Crippen molar-refractivity contribution >= 4 is 35.3 Å². The van der Waals surface area contributed by atoms with Gasteiger partial charge in [-0.1, -0.05) is 36.4 Å². The molecule has 174 valence electrons. The summed E-state index contributed by atoms with van der Waals surface area (Å²) in [4.78, 5) is 43.1. The number of amides is 2. The van der Waals surface area contributed by atoms with Gasteiger partial charge in [0.2, 0.25) is 5.91 Å². The van der Waals surface area contributed by atoms with E-state index in [1.807, 2.05) is 48.5 Å². The summed E-state index contributed by atoms with van der Waals surface area (Å²) in [5.74, 6) is -0.842. The molecule has 1 aliphatic carbocycles. The first-order valence-corrected chi connectivity index (χ1v) is 12.1. The zero-order chi connectivity index (χ0) is 23.7. The van der Waals surface area contributed by atoms with Gasteiger partial charge in [0, 0.05) is 17.5 Å². The largest absolute Gasteiger partial charge is 0.487 e. The number of aromatic nitrogens is 1. The highest BCUT2D eigenvalue weighted by atomic mass is 32.2. The molecule has 5 rings (SSSR count). The minimum Gasteiger partial charge on any atom is -0.487 e. The molecule has 0 bridgehead atoms. The summed E-state index contributed by atoms with van der Waals surface area (Å²) in [5, 5.41) is 12.2. The molecule has 1 saturated heterocycles. The second kappa shape index (κ2) is 9.34. The van der Waals surface area contributed by atoms with Crippen LogP contribution >= 0.6 is 11.8 Å². The minimum atomic E-state index is -1.18. The van der Waals surface area contributed by atoms with Gasteiger partial charge < -0.3 is 15.2 Å². The van der Waals surface area contributed by atoms with E-state index < -0.39 is 23.3 Å². The number of aliphatic carboxylic acids is 1. The number of hydrogen-bond donors (Lipinski definition) is 2. The first-order chi connectivity index (χ1) is 16.5. The van der Waals surface area contributed by atoms with E-state index in [-0.39, 0.29) is 24.6 Å². The molecule has 2 N–H and O–H groups in total. The van der Waals surface area contributed by atoms with Crippen molar-refractivity contribution in [3.63, 3.8) is 0 Å². The van der Waals surface area contributed by atoms with Gasteiger partial charge in [-0.15, -0.1) is 11.8 Å². The highest BCUT2D eigenvalue weighted by Gasteiger charge is 2.54. The van der Waals surface area contributed by atoms with Crippen molar-refractivity contribution in [1.29, 1.82) is 0 Å². The summed E-state index contributed by atoms with van der Waals surface area (Å²) in [5.41, 5.74) is 3.19. The molecule has 3 aliphatic rings. The highest BCUT2D eigenvalue weighted by molar-refractivity contribution is 8.00. The van der Waals surface area contributed by atoms with Crippen LogP contribution in [0.15, 0.2) is 66.0 Å². The standard InChI is InChI=1S/C25H23N3O5S/c29-19(12-15-6-2-1-3-7-15)27-21-23(30)28-22(25(31)32)17(14-34-24(21)28)13-33-18-10-4-8-16-9-5-11-26-20(16)18/h1-3,5-7,9-11,21,24H,4,8,12-14H2,(H,27,29)(H,31,32)/t21-,24-/m1/s1. The van der Waals surface area contributed by atoms with Crippen LogP contribution < -0.4 is 5.32 Å². The van der Waals surface area contributed by atoms with Crippen LogP contribution in [-0.2, 0) is 32.0 Å². The number of thioether (sulfide) groups is 1. The first-order valence-electron chi connectivity index (χ1n) is 11.0. The number of allylic oxidation sites excluding steroid dienone is 1. The van der Waals surface area contributed by atoms with Gasteiger partial charge in [-0.2, -0.15) is 0 Å². The average Bonchev–Trinajstić information content (AvgIpc) is 2.85. The summed E-state index contributed by atoms with van der Waals surface area (Å²) in [6.45, 7) is 0.0536. The number of hydrogen-bond acceptors (Lipinski definition) is 6. The van der Waals surface area contributed by atoms with Crippen LogP contribution in [0.5, 0.6) is 0 Å². The summed E-state index contributed by atoms with van der Waals surface area (Å²) in [7, 11) is 0. The lowest BCUT2D eigenvalue weighted by Crippen LogP contribution is -2.70. The Bertz CT molecular complexity index is 1210. The Morgan fingerprint density at radius 1 is 1.21 bits per heavy atom. The number of aryl methyl sites for hydroxylation is 1. The number of pyridine rings is 1. The van der Waals surface area contributed by atoms with Gasteiger partial charge in [-0.25, -0.2) is 4.79 Å². The number of ether oxygens (including phenoxy) is 1. The van der Waals surface area contributed by atoms with Crippen LogP contribution in [-0.4, -0.2) is 56.5 Å². The molecule has 1 aromatic carbocycles. The van der Waals surface area contributed by atoms with Gasteiger partial charge in [0.15, 0.2) is 0 Å². The molecule has 1 fully saturated rings. The average molecular weight is 478 g/mol. The Labute approximate surface area is 200 Å². The number of nitrogens with zero attached hydrogens (tertiary/aromatic N) is 2. The smallest absolute Gasteiger partial charge is 0.352 e. The van der Waals surface area contributed by atoms with Gasteiger partial charge in [0.25, 0.3) is 5.91 Å². The molecule has 34 heavy (non-hydrogen) atoms. The molecule has 0 radical (unpaired) electrons. The number of nitrogens with one attached hydrogen (secondary N) is 1. The molecular weight excluding hydrogens is 454 g/mol. The fraction of sp³-hybridized carbons (Fsp3) is 0.280. The van der Waals surface area contributed by atoms with Crippen molar-refractivity contribution in [3.8, 4) is 0 Å². The number of carbonyl (C=O) groups excluding carboxylic acids is 2. The van der Waals surface area contributed by atoms with E-state index >= 15 is 0 Å². The van der Waals surface area contributed by atoms with Crippen molar-refractivity contribution in [1.82, 2.24) is 15.2 Å². The molecule has 8 nitrogen and oxygen atoms in total. The summed E-state index contributed by atoms with van der Waals surface area (Å²) in [6, 6.07) is 12.4. The number of carbonyl (C=O) groups is 3. The number of β-lactam (4-membered cyclic amide) rings is 1. The van der Waals surface area contributed by atoms with Gasteiger partial charge in [0.05, 0.1) is 6.42 Å². The monoisotopic (exact) mass is 477 g/mol. The third-order valence-electron chi connectivity index (χ3n) is 6.04. The number of fused-ring (bicyclic) bond motifs is 2. The van der Waals surface area contributed by atoms with Crippen molar-refractivity contribution < 1.29 is 24.2 Å². The van der Waals surface area contributed by atoms with Crippen LogP contribution in [0, 0.1) is 0 Å². The molecule has 0 spiro atoms. The second-order valence-corrected chi connectivity index (χ2v) is 9.39. The van der Waals surface area contributed by atoms with Crippen molar-refractivity contribution in [2.75, 3.05) is 12.4 Å². The molecule has 2 aromatic rings. The van der Waals surface area contributed by atoms with Crippen LogP contribution in [0.3, 0.4) is 0 Å². The van der Waals surface area contributed by atoms with Gasteiger partial charge in [-0.05, 0) is 36.1 Å². The Morgan fingerprint density at radius 3 is 2.82 bits per heavy atom. The van der Waals surface area contributed by atoms with Crippen molar-refractivity contribution in [2.45, 2.75) is 30.7 Å². The number of rotatable bonds is 7. The Balaban J connectivity index is 1.27. The van der Waals surface area contributed by atoms with Gasteiger partial charge >= 0.3 is 5.97 Å². The molecule has 2 amide bonds. The predicted octanol–water partition coefficient (Wildman–Crippen LogP) is 2.37. The lowest BCUT2D eigenvalue weighted by molar-refractivity contribution is -0.150. The van der Waals surface area contributed by atoms with Crippen molar-refractivity contribution in [3.05, 3.63) is 82.8 Å². The maximum Gasteiger partial charge on any atom is 0.352 e. The summed E-state index contributed by atoms with van der Waals surface area (Å²) >= 11 is 1.43. The normalized spacial score (nSPS) is 21.1. The molecule has 9 heteroatoms. The van der Waals surface area contributed by atoms with Crippen LogP contribution in [0.4, 0.5) is 0 Å². The quantitative estimate of drug-likeness (QED) is 0.590. The number of carboxylic acids is 1. The lowest BCUT2D eigenvalue weighted by atomic mass is 10.0. The lowest BCUT2D eigenvalue weighted by Gasteiger charge is -2.49. The van der Waals surface area contributed by atoms with E-state index in [1.54, 1.807) is 6.20 Å². The van der Waals surface area contributed by atoms with Gasteiger partial charge in [0.1, 0.15) is 35.2 Å². The molecule has 0 saturated carbocycles. The van der Waals surface area contributed by atoms with E-state index in [1.165, 1.54) is 16.7 Å². The topological polar surface area (TPSA) is 109 Å². The zero-order valence-electron chi connectivity index (χ0n) is 18.3. The zero-order valence-corrected chi connectivity index (χ0v) is 19.1. The van der Waals surface area contributed by atoms with E-state index in [0.717, 1.165) is 29.7 Å². The third-order valence-corrected chi connectivity index (χ3v) is 7.38. The van der Waals surface area contributed by atoms with Crippen LogP contribution in [0.1, 0.15) is 23.2 Å². The van der Waals surface area contributed by atoms with Gasteiger partial charge in [-0.3, -0.25) is 19.5 Å². The molecule has 1 aromatic heterocycles. The Morgan fingerprint density at radius 2 is 2.03 bits per heavy atom. The van der Waals surface area contributed by atoms with E-state index in [2.05, 4.69) is 10.3 Å². The third kappa shape index (κ3) is 4.19. The molecule has 2 aliphatic heterocycles. The maximum absolute atomic E-state index is 12.9. The fourth-order valence-corrected chi connectivity index (χ4v) is 5.74. The van der Waals surface area contributed by atoms with Crippen molar-refractivity contribution in [2.24, 2.45) is 0 Å². The minimum absolute atomic E-state index is 0.0536. The van der Waals surface area contributed by atoms with Crippen LogP contribution in [0.25, 0.3) is 5.76 Å². The molecule has 0 unspecified atom stereocenters. The summed E-state index contributed by atoms with van der Waals surface area (Å²) in [6.07, 6.45) is 5.53. The maximum atomic E-state index is 12.9. The predicted molar refractivity (Wildman–Crippen MR) is 126 cm³/mol. The second-order valence-electron chi connectivity index (χ2n) is 8.28. The Kier molecular flexibility index (Phi) is 6.10. The van der Waals surface area contributed by atoms with E-state index in [4.69, 9.17) is 4.74 Å². The Hall–Kier alpha value is -3.59. The first kappa shape index (κ1) is 22.2. The molecule has 2 atom stereocenters. The fourth-order valence-electron chi connectivity index (χ4n) is 4.41. The number of benzene rings is 1. The summed E-state index contributed by atoms with van der Waals surface area (Å²) < 4.78 is 5.99. The molecule has 3 heterocycles. The molecular formula is C25H23N3O5S. The van der Waals surface area contributed by atoms with E-state index in [9.17, 15) is 19.5 Å². The van der Waals surface area contributed by atoms with Crippen LogP contribution in [0.2, 0.25) is 0 Å². The highest BCUT2D eigenvalue weighted by Crippen LogP contribution is 2.41. The van der Waals surface area contributed by atoms with E-state index in [0.29, 0.717) is 17.1 Å². The number of carboxylic acid groups (broad SMARTS) is 1.